The Morgan fingerprint density at radius 2 is 1.86 bits per heavy atom. The summed E-state index contributed by atoms with van der Waals surface area (Å²) in [5.41, 5.74) is 1.96. The van der Waals surface area contributed by atoms with Crippen molar-refractivity contribution in [1.82, 2.24) is 5.32 Å². The van der Waals surface area contributed by atoms with Crippen LogP contribution in [-0.4, -0.2) is 18.4 Å². The van der Waals surface area contributed by atoms with Gasteiger partial charge in [0.05, 0.1) is 0 Å². The minimum absolute atomic E-state index is 0.119. The number of halogens is 1. The van der Waals surface area contributed by atoms with Crippen LogP contribution in [0.1, 0.15) is 22.3 Å². The molecule has 0 spiro atoms. The molecule has 0 aromatic heterocycles. The van der Waals surface area contributed by atoms with Crippen LogP contribution in [0.4, 0.5) is 10.1 Å². The molecule has 2 amide bonds. The first-order valence-corrected chi connectivity index (χ1v) is 6.95. The van der Waals surface area contributed by atoms with Gasteiger partial charge in [0.2, 0.25) is 5.91 Å². The van der Waals surface area contributed by atoms with Crippen molar-refractivity contribution in [1.29, 1.82) is 0 Å². The number of carbonyl (C=O) groups is 2. The van der Waals surface area contributed by atoms with Gasteiger partial charge in [-0.2, -0.15) is 0 Å². The Kier molecular flexibility index (Phi) is 5.25. The Balaban J connectivity index is 1.78. The summed E-state index contributed by atoms with van der Waals surface area (Å²) in [6.07, 6.45) is 0.119. The van der Waals surface area contributed by atoms with Crippen LogP contribution in [0.25, 0.3) is 0 Å². The summed E-state index contributed by atoms with van der Waals surface area (Å²) < 4.78 is 13.0. The molecule has 0 unspecified atom stereocenters. The zero-order chi connectivity index (χ0) is 15.9. The highest BCUT2D eigenvalue weighted by Gasteiger charge is 2.07. The fourth-order valence-electron chi connectivity index (χ4n) is 1.97. The van der Waals surface area contributed by atoms with E-state index in [1.165, 1.54) is 18.2 Å². The Bertz CT molecular complexity index is 686. The third kappa shape index (κ3) is 4.70. The number of benzene rings is 2. The van der Waals surface area contributed by atoms with E-state index < -0.39 is 5.82 Å². The van der Waals surface area contributed by atoms with Gasteiger partial charge in [-0.15, -0.1) is 0 Å². The van der Waals surface area contributed by atoms with Crippen molar-refractivity contribution >= 4 is 17.5 Å². The Morgan fingerprint density at radius 3 is 2.59 bits per heavy atom. The molecule has 0 aliphatic heterocycles. The fraction of sp³-hybridized carbons (Fsp3) is 0.176. The van der Waals surface area contributed by atoms with E-state index in [1.54, 1.807) is 24.3 Å². The zero-order valence-corrected chi connectivity index (χ0v) is 12.2. The molecule has 114 valence electrons. The summed E-state index contributed by atoms with van der Waals surface area (Å²) in [5.74, 6) is -0.914. The molecule has 0 bridgehead atoms. The minimum Gasteiger partial charge on any atom is -0.352 e. The number of carbonyl (C=O) groups excluding carboxylic acids is 2. The van der Waals surface area contributed by atoms with E-state index in [-0.39, 0.29) is 24.8 Å². The van der Waals surface area contributed by atoms with Gasteiger partial charge in [-0.3, -0.25) is 9.59 Å². The van der Waals surface area contributed by atoms with E-state index in [0.29, 0.717) is 11.3 Å². The van der Waals surface area contributed by atoms with E-state index in [1.807, 2.05) is 13.0 Å². The molecular formula is C17H17FN2O2. The Hall–Kier alpha value is -2.69. The van der Waals surface area contributed by atoms with Crippen molar-refractivity contribution in [3.8, 4) is 0 Å². The van der Waals surface area contributed by atoms with Crippen molar-refractivity contribution in [3.63, 3.8) is 0 Å². The van der Waals surface area contributed by atoms with E-state index in [2.05, 4.69) is 10.6 Å². The maximum Gasteiger partial charge on any atom is 0.251 e. The Labute approximate surface area is 128 Å². The average Bonchev–Trinajstić information content (AvgIpc) is 2.47. The number of hydrogen-bond acceptors (Lipinski definition) is 2. The quantitative estimate of drug-likeness (QED) is 0.892. The average molecular weight is 300 g/mol. The molecule has 0 saturated carbocycles. The zero-order valence-electron chi connectivity index (χ0n) is 12.2. The summed E-state index contributed by atoms with van der Waals surface area (Å²) in [4.78, 5) is 23.6. The van der Waals surface area contributed by atoms with Crippen LogP contribution in [-0.2, 0) is 4.79 Å². The molecule has 2 N–H and O–H groups in total. The van der Waals surface area contributed by atoms with E-state index in [0.717, 1.165) is 5.56 Å². The van der Waals surface area contributed by atoms with Crippen molar-refractivity contribution < 1.29 is 14.0 Å². The van der Waals surface area contributed by atoms with Gasteiger partial charge in [-0.25, -0.2) is 4.39 Å². The van der Waals surface area contributed by atoms with Crippen LogP contribution >= 0.6 is 0 Å². The molecule has 2 aromatic rings. The standard InChI is InChI=1S/C17H17FN2O2/c1-12-4-2-5-13(10-12)17(22)19-9-8-16(21)20-15-7-3-6-14(18)11-15/h2-7,10-11H,8-9H2,1H3,(H,19,22)(H,20,21). The van der Waals surface area contributed by atoms with Crippen molar-refractivity contribution in [2.75, 3.05) is 11.9 Å². The number of anilines is 1. The SMILES string of the molecule is Cc1cccc(C(=O)NCCC(=O)Nc2cccc(F)c2)c1. The lowest BCUT2D eigenvalue weighted by Gasteiger charge is -2.07. The highest BCUT2D eigenvalue weighted by Crippen LogP contribution is 2.09. The number of hydrogen-bond donors (Lipinski definition) is 2. The predicted molar refractivity (Wildman–Crippen MR) is 83.2 cm³/mol. The lowest BCUT2D eigenvalue weighted by atomic mass is 10.1. The summed E-state index contributed by atoms with van der Waals surface area (Å²) >= 11 is 0. The van der Waals surface area contributed by atoms with Crippen molar-refractivity contribution in [2.24, 2.45) is 0 Å². The summed E-state index contributed by atoms with van der Waals surface area (Å²) in [6.45, 7) is 2.12. The molecule has 0 aliphatic carbocycles. The van der Waals surface area contributed by atoms with E-state index >= 15 is 0 Å². The minimum atomic E-state index is -0.412. The molecule has 5 heteroatoms. The largest absolute Gasteiger partial charge is 0.352 e. The maximum atomic E-state index is 13.0. The Morgan fingerprint density at radius 1 is 1.09 bits per heavy atom. The third-order valence-corrected chi connectivity index (χ3v) is 3.03. The van der Waals surface area contributed by atoms with Crippen LogP contribution in [0.15, 0.2) is 48.5 Å². The smallest absolute Gasteiger partial charge is 0.251 e. The molecule has 2 aromatic carbocycles. The molecule has 0 fully saturated rings. The molecule has 0 atom stereocenters. The van der Waals surface area contributed by atoms with Gasteiger partial charge in [-0.1, -0.05) is 23.8 Å². The van der Waals surface area contributed by atoms with Gasteiger partial charge in [-0.05, 0) is 37.3 Å². The molecule has 22 heavy (non-hydrogen) atoms. The van der Waals surface area contributed by atoms with Crippen LogP contribution in [0.2, 0.25) is 0 Å². The highest BCUT2D eigenvalue weighted by atomic mass is 19.1. The van der Waals surface area contributed by atoms with E-state index in [4.69, 9.17) is 0 Å². The van der Waals surface area contributed by atoms with Gasteiger partial charge in [0, 0.05) is 24.2 Å². The van der Waals surface area contributed by atoms with Gasteiger partial charge >= 0.3 is 0 Å². The molecular weight excluding hydrogens is 283 g/mol. The second-order valence-electron chi connectivity index (χ2n) is 4.93. The van der Waals surface area contributed by atoms with Crippen LogP contribution in [0, 0.1) is 12.7 Å². The second-order valence-corrected chi connectivity index (χ2v) is 4.93. The molecule has 0 aliphatic rings. The number of amides is 2. The maximum absolute atomic E-state index is 13.0. The van der Waals surface area contributed by atoms with E-state index in [9.17, 15) is 14.0 Å². The lowest BCUT2D eigenvalue weighted by molar-refractivity contribution is -0.116. The van der Waals surface area contributed by atoms with Gasteiger partial charge in [0.15, 0.2) is 0 Å². The molecule has 0 radical (unpaired) electrons. The second kappa shape index (κ2) is 7.36. The third-order valence-electron chi connectivity index (χ3n) is 3.03. The van der Waals surface area contributed by atoms with Crippen molar-refractivity contribution in [2.45, 2.75) is 13.3 Å². The normalized spacial score (nSPS) is 10.1. The first kappa shape index (κ1) is 15.7. The monoisotopic (exact) mass is 300 g/mol. The van der Waals surface area contributed by atoms with Gasteiger partial charge in [0.25, 0.3) is 5.91 Å². The van der Waals surface area contributed by atoms with Crippen LogP contribution in [0.5, 0.6) is 0 Å². The number of aryl methyl sites for hydroxylation is 1. The summed E-state index contributed by atoms with van der Waals surface area (Å²) in [7, 11) is 0. The fourth-order valence-corrected chi connectivity index (χ4v) is 1.97. The first-order chi connectivity index (χ1) is 10.5. The lowest BCUT2D eigenvalue weighted by Crippen LogP contribution is -2.27. The molecule has 0 saturated heterocycles. The number of rotatable bonds is 5. The van der Waals surface area contributed by atoms with Crippen LogP contribution in [0.3, 0.4) is 0 Å². The molecule has 0 heterocycles. The van der Waals surface area contributed by atoms with Crippen LogP contribution < -0.4 is 10.6 Å². The van der Waals surface area contributed by atoms with Gasteiger partial charge < -0.3 is 10.6 Å². The van der Waals surface area contributed by atoms with Gasteiger partial charge in [0.1, 0.15) is 5.82 Å². The topological polar surface area (TPSA) is 58.2 Å². The first-order valence-electron chi connectivity index (χ1n) is 6.95. The molecule has 4 nitrogen and oxygen atoms in total. The predicted octanol–water partition coefficient (Wildman–Crippen LogP) is 2.89. The molecule has 2 rings (SSSR count). The highest BCUT2D eigenvalue weighted by molar-refractivity contribution is 5.95. The van der Waals surface area contributed by atoms with Crippen molar-refractivity contribution in [3.05, 3.63) is 65.5 Å². The summed E-state index contributed by atoms with van der Waals surface area (Å²) in [6, 6.07) is 12.9. The summed E-state index contributed by atoms with van der Waals surface area (Å²) in [5, 5.41) is 5.26. The number of nitrogens with one attached hydrogen (secondary N) is 2.